The van der Waals surface area contributed by atoms with Crippen LogP contribution in [0.1, 0.15) is 11.1 Å². The summed E-state index contributed by atoms with van der Waals surface area (Å²) in [5.74, 6) is 0. The van der Waals surface area contributed by atoms with E-state index in [4.69, 9.17) is 4.98 Å². The van der Waals surface area contributed by atoms with E-state index in [0.717, 1.165) is 33.7 Å². The summed E-state index contributed by atoms with van der Waals surface area (Å²) in [4.78, 5) is 5.25. The second-order valence-corrected chi connectivity index (χ2v) is 7.59. The third-order valence-corrected chi connectivity index (χ3v) is 5.42. The summed E-state index contributed by atoms with van der Waals surface area (Å²) < 4.78 is 39.2. The van der Waals surface area contributed by atoms with Crippen molar-refractivity contribution in [1.82, 2.24) is 4.98 Å². The van der Waals surface area contributed by atoms with Crippen molar-refractivity contribution < 1.29 is 13.2 Å². The predicted octanol–water partition coefficient (Wildman–Crippen LogP) is 7.38. The second-order valence-electron chi connectivity index (χ2n) is 6.53. The normalized spacial score (nSPS) is 11.7. The highest BCUT2D eigenvalue weighted by Crippen LogP contribution is 2.38. The van der Waals surface area contributed by atoms with E-state index in [1.807, 2.05) is 61.5 Å². The van der Waals surface area contributed by atoms with Gasteiger partial charge in [0.15, 0.2) is 0 Å². The molecule has 0 N–H and O–H groups in total. The molecule has 4 rings (SSSR count). The maximum atomic E-state index is 13.1. The highest BCUT2D eigenvalue weighted by molar-refractivity contribution is 7.99. The molecule has 0 aliphatic carbocycles. The number of aryl methyl sites for hydroxylation is 1. The van der Waals surface area contributed by atoms with Gasteiger partial charge in [-0.25, -0.2) is 4.98 Å². The van der Waals surface area contributed by atoms with Gasteiger partial charge < -0.3 is 0 Å². The minimum atomic E-state index is -4.37. The van der Waals surface area contributed by atoms with Gasteiger partial charge in [-0.15, -0.1) is 0 Å². The van der Waals surface area contributed by atoms with Gasteiger partial charge in [0.25, 0.3) is 0 Å². The summed E-state index contributed by atoms with van der Waals surface area (Å²) in [5.41, 5.74) is 3.19. The third kappa shape index (κ3) is 3.90. The first kappa shape index (κ1) is 18.6. The number of aromatic nitrogens is 1. The number of pyridine rings is 1. The fraction of sp³-hybridized carbons (Fsp3) is 0.0870. The van der Waals surface area contributed by atoms with E-state index in [9.17, 15) is 13.2 Å². The first-order valence-corrected chi connectivity index (χ1v) is 9.54. The molecular weight excluding hydrogens is 379 g/mol. The smallest absolute Gasteiger partial charge is 0.240 e. The van der Waals surface area contributed by atoms with Gasteiger partial charge in [-0.2, -0.15) is 13.2 Å². The van der Waals surface area contributed by atoms with Crippen LogP contribution in [-0.4, -0.2) is 4.98 Å². The molecule has 0 bridgehead atoms. The van der Waals surface area contributed by atoms with E-state index < -0.39 is 11.7 Å². The molecule has 4 aromatic rings. The van der Waals surface area contributed by atoms with E-state index in [2.05, 4.69) is 0 Å². The predicted molar refractivity (Wildman–Crippen MR) is 107 cm³/mol. The van der Waals surface area contributed by atoms with Crippen LogP contribution >= 0.6 is 11.8 Å². The fourth-order valence-electron chi connectivity index (χ4n) is 2.96. The SMILES string of the molecule is Cc1ccc(-c2cc3ccccc3nc2Sc2cccc(C(F)(F)F)c2)cc1. The van der Waals surface area contributed by atoms with Crippen molar-refractivity contribution in [2.45, 2.75) is 23.0 Å². The zero-order valence-corrected chi connectivity index (χ0v) is 15.8. The largest absolute Gasteiger partial charge is 0.416 e. The quantitative estimate of drug-likeness (QED) is 0.359. The van der Waals surface area contributed by atoms with Crippen molar-refractivity contribution in [1.29, 1.82) is 0 Å². The zero-order valence-electron chi connectivity index (χ0n) is 15.0. The standard InChI is InChI=1S/C23H16F3NS/c1-15-9-11-16(12-10-15)20-13-17-5-2-3-8-21(17)27-22(20)28-19-7-4-6-18(14-19)23(24,25)26/h2-14H,1H3. The Kier molecular flexibility index (Phi) is 4.85. The van der Waals surface area contributed by atoms with Gasteiger partial charge in [0, 0.05) is 15.8 Å². The molecule has 0 atom stereocenters. The van der Waals surface area contributed by atoms with Crippen LogP contribution in [0, 0.1) is 6.92 Å². The molecule has 0 spiro atoms. The lowest BCUT2D eigenvalue weighted by Crippen LogP contribution is -2.04. The molecule has 0 fully saturated rings. The van der Waals surface area contributed by atoms with Gasteiger partial charge in [0.1, 0.15) is 5.03 Å². The number of fused-ring (bicyclic) bond motifs is 1. The average Bonchev–Trinajstić information content (AvgIpc) is 2.68. The molecule has 1 aromatic heterocycles. The van der Waals surface area contributed by atoms with Crippen LogP contribution in [0.3, 0.4) is 0 Å². The zero-order chi connectivity index (χ0) is 19.7. The van der Waals surface area contributed by atoms with Crippen molar-refractivity contribution in [2.24, 2.45) is 0 Å². The highest BCUT2D eigenvalue weighted by atomic mass is 32.2. The van der Waals surface area contributed by atoms with Crippen LogP contribution in [0.4, 0.5) is 13.2 Å². The summed E-state index contributed by atoms with van der Waals surface area (Å²) in [6, 6.07) is 23.2. The third-order valence-electron chi connectivity index (χ3n) is 4.43. The molecule has 0 saturated heterocycles. The van der Waals surface area contributed by atoms with E-state index >= 15 is 0 Å². The topological polar surface area (TPSA) is 12.9 Å². The molecule has 140 valence electrons. The number of rotatable bonds is 3. The van der Waals surface area contributed by atoms with Gasteiger partial charge in [-0.3, -0.25) is 0 Å². The molecule has 0 saturated carbocycles. The lowest BCUT2D eigenvalue weighted by atomic mass is 10.0. The Morgan fingerprint density at radius 3 is 2.32 bits per heavy atom. The average molecular weight is 395 g/mol. The van der Waals surface area contributed by atoms with E-state index in [0.29, 0.717) is 9.92 Å². The van der Waals surface area contributed by atoms with Gasteiger partial charge in [-0.05, 0) is 42.8 Å². The summed E-state index contributed by atoms with van der Waals surface area (Å²) in [6.07, 6.45) is -4.37. The monoisotopic (exact) mass is 395 g/mol. The second kappa shape index (κ2) is 7.32. The summed E-state index contributed by atoms with van der Waals surface area (Å²) in [7, 11) is 0. The molecule has 0 aliphatic rings. The number of halogens is 3. The number of hydrogen-bond acceptors (Lipinski definition) is 2. The number of para-hydroxylation sites is 1. The van der Waals surface area contributed by atoms with Crippen molar-refractivity contribution >= 4 is 22.7 Å². The summed E-state index contributed by atoms with van der Waals surface area (Å²) in [6.45, 7) is 2.01. The first-order valence-electron chi connectivity index (χ1n) is 8.72. The number of benzene rings is 3. The van der Waals surface area contributed by atoms with Crippen molar-refractivity contribution in [3.63, 3.8) is 0 Å². The molecule has 0 unspecified atom stereocenters. The first-order chi connectivity index (χ1) is 13.4. The van der Waals surface area contributed by atoms with E-state index in [1.165, 1.54) is 23.9 Å². The lowest BCUT2D eigenvalue weighted by molar-refractivity contribution is -0.137. The van der Waals surface area contributed by atoms with E-state index in [1.54, 1.807) is 6.07 Å². The number of alkyl halides is 3. The molecule has 28 heavy (non-hydrogen) atoms. The molecular formula is C23H16F3NS. The Hall–Kier alpha value is -2.79. The molecule has 0 radical (unpaired) electrons. The maximum Gasteiger partial charge on any atom is 0.416 e. The van der Waals surface area contributed by atoms with Gasteiger partial charge in [0.05, 0.1) is 11.1 Å². The minimum absolute atomic E-state index is 0.506. The molecule has 3 aromatic carbocycles. The van der Waals surface area contributed by atoms with Crippen LogP contribution < -0.4 is 0 Å². The van der Waals surface area contributed by atoms with Gasteiger partial charge in [-0.1, -0.05) is 65.9 Å². The molecule has 0 aliphatic heterocycles. The van der Waals surface area contributed by atoms with Crippen LogP contribution in [0.15, 0.2) is 88.8 Å². The molecule has 5 heteroatoms. The maximum absolute atomic E-state index is 13.1. The Labute approximate surface area is 165 Å². The van der Waals surface area contributed by atoms with Crippen molar-refractivity contribution in [3.05, 3.63) is 90.0 Å². The molecule has 1 nitrogen and oxygen atoms in total. The van der Waals surface area contributed by atoms with Crippen molar-refractivity contribution in [3.8, 4) is 11.1 Å². The summed E-state index contributed by atoms with van der Waals surface area (Å²) in [5, 5.41) is 1.67. The van der Waals surface area contributed by atoms with Gasteiger partial charge in [0.2, 0.25) is 0 Å². The van der Waals surface area contributed by atoms with Crippen LogP contribution in [0.25, 0.3) is 22.0 Å². The molecule has 0 amide bonds. The highest BCUT2D eigenvalue weighted by Gasteiger charge is 2.30. The Morgan fingerprint density at radius 1 is 0.821 bits per heavy atom. The van der Waals surface area contributed by atoms with Crippen LogP contribution in [0.5, 0.6) is 0 Å². The molecule has 1 heterocycles. The summed E-state index contributed by atoms with van der Waals surface area (Å²) >= 11 is 1.25. The Morgan fingerprint density at radius 2 is 1.57 bits per heavy atom. The van der Waals surface area contributed by atoms with E-state index in [-0.39, 0.29) is 0 Å². The number of hydrogen-bond donors (Lipinski definition) is 0. The van der Waals surface area contributed by atoms with Crippen LogP contribution in [-0.2, 0) is 6.18 Å². The lowest BCUT2D eigenvalue weighted by Gasteiger charge is -2.12. The Balaban J connectivity index is 1.83. The van der Waals surface area contributed by atoms with Crippen molar-refractivity contribution in [2.75, 3.05) is 0 Å². The number of nitrogens with zero attached hydrogens (tertiary/aromatic N) is 1. The minimum Gasteiger partial charge on any atom is -0.240 e. The fourth-order valence-corrected chi connectivity index (χ4v) is 3.95. The Bertz CT molecular complexity index is 1130. The van der Waals surface area contributed by atoms with Gasteiger partial charge >= 0.3 is 6.18 Å². The van der Waals surface area contributed by atoms with Crippen LogP contribution in [0.2, 0.25) is 0 Å².